The van der Waals surface area contributed by atoms with Crippen molar-refractivity contribution in [3.05, 3.63) is 54.1 Å². The van der Waals surface area contributed by atoms with Gasteiger partial charge in [0.15, 0.2) is 0 Å². The predicted octanol–water partition coefficient (Wildman–Crippen LogP) is 4.81. The van der Waals surface area contributed by atoms with Gasteiger partial charge >= 0.3 is 0 Å². The van der Waals surface area contributed by atoms with Crippen LogP contribution in [0.25, 0.3) is 0 Å². The van der Waals surface area contributed by atoms with Crippen LogP contribution in [0.5, 0.6) is 5.75 Å². The summed E-state index contributed by atoms with van der Waals surface area (Å²) in [6, 6.07) is 15.1. The fourth-order valence-corrected chi connectivity index (χ4v) is 3.68. The summed E-state index contributed by atoms with van der Waals surface area (Å²) in [7, 11) is 0. The van der Waals surface area contributed by atoms with E-state index in [1.807, 2.05) is 48.2 Å². The first-order valence-corrected chi connectivity index (χ1v) is 11.6. The predicted molar refractivity (Wildman–Crippen MR) is 129 cm³/mol. The third-order valence-corrected chi connectivity index (χ3v) is 5.71. The number of anilines is 2. The molecule has 2 aromatic rings. The molecule has 0 spiro atoms. The van der Waals surface area contributed by atoms with Crippen molar-refractivity contribution < 1.29 is 14.3 Å². The zero-order valence-corrected chi connectivity index (χ0v) is 19.6. The first-order chi connectivity index (χ1) is 15.4. The zero-order chi connectivity index (χ0) is 23.1. The Morgan fingerprint density at radius 1 is 1.00 bits per heavy atom. The molecule has 0 unspecified atom stereocenters. The summed E-state index contributed by atoms with van der Waals surface area (Å²) in [5, 5.41) is 2.96. The molecule has 1 heterocycles. The van der Waals surface area contributed by atoms with Gasteiger partial charge in [-0.1, -0.05) is 26.8 Å². The Labute approximate surface area is 191 Å². The van der Waals surface area contributed by atoms with Crippen LogP contribution < -0.4 is 15.0 Å². The van der Waals surface area contributed by atoms with Gasteiger partial charge in [0, 0.05) is 49.5 Å². The lowest BCUT2D eigenvalue weighted by molar-refractivity contribution is -0.132. The van der Waals surface area contributed by atoms with E-state index in [0.717, 1.165) is 44.0 Å². The summed E-state index contributed by atoms with van der Waals surface area (Å²) in [6.45, 7) is 11.4. The second-order valence-corrected chi connectivity index (χ2v) is 8.83. The SMILES string of the molecule is CC[C@H](C)Oc1cccc(C(=O)Nc2ccc(N3CCN(C(=O)CC(C)C)CC3)cc2)c1. The Kier molecular flexibility index (Phi) is 8.14. The molecule has 1 N–H and O–H groups in total. The van der Waals surface area contributed by atoms with Crippen LogP contribution in [-0.2, 0) is 4.79 Å². The second-order valence-electron chi connectivity index (χ2n) is 8.83. The Bertz CT molecular complexity index is 903. The van der Waals surface area contributed by atoms with Gasteiger partial charge in [-0.15, -0.1) is 0 Å². The van der Waals surface area contributed by atoms with Gasteiger partial charge in [-0.05, 0) is 61.7 Å². The summed E-state index contributed by atoms with van der Waals surface area (Å²) in [6.07, 6.45) is 1.63. The summed E-state index contributed by atoms with van der Waals surface area (Å²) in [5.41, 5.74) is 2.41. The van der Waals surface area contributed by atoms with E-state index < -0.39 is 0 Å². The van der Waals surface area contributed by atoms with Crippen molar-refractivity contribution >= 4 is 23.2 Å². The summed E-state index contributed by atoms with van der Waals surface area (Å²) in [5.74, 6) is 1.17. The van der Waals surface area contributed by atoms with Crippen LogP contribution in [0, 0.1) is 5.92 Å². The second kappa shape index (κ2) is 11.0. The largest absolute Gasteiger partial charge is 0.491 e. The van der Waals surface area contributed by atoms with Crippen molar-refractivity contribution in [2.45, 2.75) is 46.6 Å². The van der Waals surface area contributed by atoms with Crippen molar-refractivity contribution in [1.82, 2.24) is 4.90 Å². The molecule has 2 aromatic carbocycles. The molecule has 6 heteroatoms. The summed E-state index contributed by atoms with van der Waals surface area (Å²) < 4.78 is 5.82. The van der Waals surface area contributed by atoms with E-state index in [1.165, 1.54) is 0 Å². The molecule has 2 amide bonds. The van der Waals surface area contributed by atoms with Crippen LogP contribution >= 0.6 is 0 Å². The van der Waals surface area contributed by atoms with Gasteiger partial charge in [0.25, 0.3) is 5.91 Å². The number of benzene rings is 2. The molecule has 32 heavy (non-hydrogen) atoms. The van der Waals surface area contributed by atoms with Crippen LogP contribution in [0.1, 0.15) is 50.9 Å². The number of carbonyl (C=O) groups excluding carboxylic acids is 2. The number of hydrogen-bond acceptors (Lipinski definition) is 4. The highest BCUT2D eigenvalue weighted by Gasteiger charge is 2.21. The summed E-state index contributed by atoms with van der Waals surface area (Å²) >= 11 is 0. The van der Waals surface area contributed by atoms with Gasteiger partial charge in [-0.3, -0.25) is 9.59 Å². The van der Waals surface area contributed by atoms with Gasteiger partial charge in [0.2, 0.25) is 5.91 Å². The quantitative estimate of drug-likeness (QED) is 0.644. The summed E-state index contributed by atoms with van der Waals surface area (Å²) in [4.78, 5) is 29.2. The van der Waals surface area contributed by atoms with Gasteiger partial charge in [-0.2, -0.15) is 0 Å². The molecule has 6 nitrogen and oxygen atoms in total. The molecule has 0 saturated carbocycles. The van der Waals surface area contributed by atoms with E-state index in [2.05, 4.69) is 31.0 Å². The third-order valence-electron chi connectivity index (χ3n) is 5.71. The number of rotatable bonds is 8. The zero-order valence-electron chi connectivity index (χ0n) is 19.6. The van der Waals surface area contributed by atoms with Gasteiger partial charge < -0.3 is 19.9 Å². The minimum absolute atomic E-state index is 0.107. The highest BCUT2D eigenvalue weighted by molar-refractivity contribution is 6.04. The number of carbonyl (C=O) groups is 2. The van der Waals surface area contributed by atoms with Gasteiger partial charge in [0.05, 0.1) is 6.10 Å². The first kappa shape index (κ1) is 23.6. The fourth-order valence-electron chi connectivity index (χ4n) is 3.68. The molecule has 0 aliphatic carbocycles. The molecular weight excluding hydrogens is 402 g/mol. The molecule has 0 aromatic heterocycles. The van der Waals surface area contributed by atoms with Crippen molar-refractivity contribution in [3.8, 4) is 5.75 Å². The Morgan fingerprint density at radius 2 is 1.69 bits per heavy atom. The van der Waals surface area contributed by atoms with Crippen molar-refractivity contribution in [2.75, 3.05) is 36.4 Å². The lowest BCUT2D eigenvalue weighted by Gasteiger charge is -2.36. The lowest BCUT2D eigenvalue weighted by atomic mass is 10.1. The van der Waals surface area contributed by atoms with Crippen LogP contribution in [0.3, 0.4) is 0 Å². The number of amides is 2. The monoisotopic (exact) mass is 437 g/mol. The Morgan fingerprint density at radius 3 is 2.31 bits per heavy atom. The van der Waals surface area contributed by atoms with E-state index in [4.69, 9.17) is 4.74 Å². The number of hydrogen-bond donors (Lipinski definition) is 1. The van der Waals surface area contributed by atoms with Gasteiger partial charge in [0.1, 0.15) is 5.75 Å². The topological polar surface area (TPSA) is 61.9 Å². The average molecular weight is 438 g/mol. The maximum atomic E-state index is 12.7. The number of piperazine rings is 1. The maximum absolute atomic E-state index is 12.7. The fraction of sp³-hybridized carbons (Fsp3) is 0.462. The number of nitrogens with one attached hydrogen (secondary N) is 1. The highest BCUT2D eigenvalue weighted by Crippen LogP contribution is 2.22. The van der Waals surface area contributed by atoms with E-state index in [-0.39, 0.29) is 17.9 Å². The molecule has 0 radical (unpaired) electrons. The molecule has 3 rings (SSSR count). The molecular formula is C26H35N3O3. The Balaban J connectivity index is 1.55. The minimum atomic E-state index is -0.162. The minimum Gasteiger partial charge on any atom is -0.491 e. The van der Waals surface area contributed by atoms with Crippen molar-refractivity contribution in [2.24, 2.45) is 5.92 Å². The van der Waals surface area contributed by atoms with Crippen molar-refractivity contribution in [3.63, 3.8) is 0 Å². The molecule has 0 bridgehead atoms. The maximum Gasteiger partial charge on any atom is 0.255 e. The molecule has 1 fully saturated rings. The van der Waals surface area contributed by atoms with E-state index in [9.17, 15) is 9.59 Å². The smallest absolute Gasteiger partial charge is 0.255 e. The Hall–Kier alpha value is -3.02. The standard InChI is InChI=1S/C26H35N3O3/c1-5-20(4)32-24-8-6-7-21(18-24)26(31)27-22-9-11-23(12-10-22)28-13-15-29(16-14-28)25(30)17-19(2)3/h6-12,18-20H,5,13-17H2,1-4H3,(H,27,31)/t20-/m0/s1. The van der Waals surface area contributed by atoms with Crippen molar-refractivity contribution in [1.29, 1.82) is 0 Å². The number of ether oxygens (including phenoxy) is 1. The molecule has 1 saturated heterocycles. The first-order valence-electron chi connectivity index (χ1n) is 11.6. The van der Waals surface area contributed by atoms with E-state index >= 15 is 0 Å². The molecule has 172 valence electrons. The van der Waals surface area contributed by atoms with Crippen LogP contribution in [-0.4, -0.2) is 49.0 Å². The average Bonchev–Trinajstić information content (AvgIpc) is 2.79. The van der Waals surface area contributed by atoms with E-state index in [1.54, 1.807) is 12.1 Å². The van der Waals surface area contributed by atoms with Crippen LogP contribution in [0.4, 0.5) is 11.4 Å². The third kappa shape index (κ3) is 6.49. The van der Waals surface area contributed by atoms with E-state index in [0.29, 0.717) is 23.7 Å². The molecule has 1 aliphatic rings. The van der Waals surface area contributed by atoms with Gasteiger partial charge in [-0.25, -0.2) is 0 Å². The molecule has 1 atom stereocenters. The van der Waals surface area contributed by atoms with Crippen LogP contribution in [0.15, 0.2) is 48.5 Å². The van der Waals surface area contributed by atoms with Crippen LogP contribution in [0.2, 0.25) is 0 Å². The normalized spacial score (nSPS) is 14.9. The molecule has 1 aliphatic heterocycles. The highest BCUT2D eigenvalue weighted by atomic mass is 16.5. The number of nitrogens with zero attached hydrogens (tertiary/aromatic N) is 2. The lowest BCUT2D eigenvalue weighted by Crippen LogP contribution is -2.49.